The Hall–Kier alpha value is -2.60. The van der Waals surface area contributed by atoms with Crippen molar-refractivity contribution in [3.05, 3.63) is 53.2 Å². The van der Waals surface area contributed by atoms with Crippen LogP contribution in [0.3, 0.4) is 0 Å². The van der Waals surface area contributed by atoms with Crippen LogP contribution in [0.1, 0.15) is 25.8 Å². The Balaban J connectivity index is 1.74. The van der Waals surface area contributed by atoms with Crippen molar-refractivity contribution in [2.24, 2.45) is 0 Å². The molecule has 0 saturated heterocycles. The molecule has 6 nitrogen and oxygen atoms in total. The Bertz CT molecular complexity index is 740. The number of hydrogen-bond acceptors (Lipinski definition) is 3. The maximum absolute atomic E-state index is 12.3. The molecule has 2 aliphatic heterocycles. The van der Waals surface area contributed by atoms with Gasteiger partial charge in [-0.05, 0) is 31.1 Å². The topological polar surface area (TPSA) is 71.9 Å². The first-order valence-corrected chi connectivity index (χ1v) is 9.14. The molecule has 2 atom stereocenters. The largest absolute Gasteiger partial charge is 0.463 e. The molecule has 2 amide bonds. The Morgan fingerprint density at radius 3 is 2.73 bits per heavy atom. The fraction of sp³-hybridized carbons (Fsp3) is 0.400. The number of quaternary nitrogens is 1. The molecule has 6 heteroatoms. The van der Waals surface area contributed by atoms with Crippen molar-refractivity contribution >= 4 is 17.6 Å². The zero-order valence-electron chi connectivity index (χ0n) is 15.3. The molecule has 0 radical (unpaired) electrons. The highest BCUT2D eigenvalue weighted by Gasteiger charge is 2.32. The summed E-state index contributed by atoms with van der Waals surface area (Å²) in [6, 6.07) is 9.78. The Labute approximate surface area is 153 Å². The van der Waals surface area contributed by atoms with E-state index in [0.717, 1.165) is 19.5 Å². The van der Waals surface area contributed by atoms with E-state index in [1.165, 1.54) is 16.0 Å². The molecule has 1 unspecified atom stereocenters. The molecule has 0 saturated carbocycles. The third-order valence-corrected chi connectivity index (χ3v) is 4.82. The highest BCUT2D eigenvalue weighted by Crippen LogP contribution is 2.18. The smallest absolute Gasteiger partial charge is 0.338 e. The normalized spacial score (nSPS) is 23.0. The number of nitrogens with one attached hydrogen (secondary N) is 3. The average Bonchev–Trinajstić information content (AvgIpc) is 2.63. The van der Waals surface area contributed by atoms with Gasteiger partial charge in [0.05, 0.1) is 37.0 Å². The van der Waals surface area contributed by atoms with Gasteiger partial charge in [0, 0.05) is 6.42 Å². The summed E-state index contributed by atoms with van der Waals surface area (Å²) in [6.07, 6.45) is 3.23. The van der Waals surface area contributed by atoms with Crippen LogP contribution in [0, 0.1) is 0 Å². The summed E-state index contributed by atoms with van der Waals surface area (Å²) in [5, 5.41) is 5.55. The van der Waals surface area contributed by atoms with Crippen molar-refractivity contribution in [1.82, 2.24) is 10.6 Å². The number of hydrogen-bond donors (Lipinski definition) is 3. The van der Waals surface area contributed by atoms with Gasteiger partial charge in [-0.25, -0.2) is 9.59 Å². The number of carbonyl (C=O) groups is 2. The van der Waals surface area contributed by atoms with Crippen LogP contribution in [0.4, 0.5) is 4.79 Å². The van der Waals surface area contributed by atoms with Gasteiger partial charge >= 0.3 is 12.0 Å². The molecule has 1 aromatic carbocycles. The van der Waals surface area contributed by atoms with Crippen LogP contribution in [-0.4, -0.2) is 44.3 Å². The van der Waals surface area contributed by atoms with Crippen LogP contribution in [0.2, 0.25) is 0 Å². The first-order chi connectivity index (χ1) is 12.6. The van der Waals surface area contributed by atoms with Gasteiger partial charge in [-0.1, -0.05) is 30.3 Å². The van der Waals surface area contributed by atoms with Crippen molar-refractivity contribution in [1.29, 1.82) is 0 Å². The van der Waals surface area contributed by atoms with E-state index in [4.69, 9.17) is 4.74 Å². The highest BCUT2D eigenvalue weighted by atomic mass is 16.5. The van der Waals surface area contributed by atoms with Gasteiger partial charge in [0.25, 0.3) is 0 Å². The summed E-state index contributed by atoms with van der Waals surface area (Å²) in [6.45, 7) is 6.33. The Morgan fingerprint density at radius 2 is 2.08 bits per heavy atom. The lowest BCUT2D eigenvalue weighted by Crippen LogP contribution is -3.12. The van der Waals surface area contributed by atoms with Crippen LogP contribution in [0.5, 0.6) is 0 Å². The maximum Gasteiger partial charge on any atom is 0.338 e. The lowest BCUT2D eigenvalue weighted by molar-refractivity contribution is -0.890. The molecule has 26 heavy (non-hydrogen) atoms. The maximum atomic E-state index is 12.3. The van der Waals surface area contributed by atoms with E-state index in [1.807, 2.05) is 13.0 Å². The van der Waals surface area contributed by atoms with Crippen LogP contribution in [0.15, 0.2) is 47.7 Å². The van der Waals surface area contributed by atoms with E-state index in [1.54, 1.807) is 6.92 Å². The van der Waals surface area contributed by atoms with Gasteiger partial charge in [0.2, 0.25) is 0 Å². The van der Waals surface area contributed by atoms with Crippen LogP contribution in [-0.2, 0) is 9.53 Å². The number of rotatable bonds is 5. The predicted molar refractivity (Wildman–Crippen MR) is 99.4 cm³/mol. The van der Waals surface area contributed by atoms with Crippen LogP contribution < -0.4 is 15.5 Å². The SMILES string of the molecule is CCOC(=O)C1=C(C[NH+]2CC=C(c3ccccc3)CC2)NC(=O)N[C@H]1C. The van der Waals surface area contributed by atoms with E-state index in [9.17, 15) is 9.59 Å². The number of carbonyl (C=O) groups excluding carboxylic acids is 2. The Kier molecular flexibility index (Phi) is 5.73. The lowest BCUT2D eigenvalue weighted by Gasteiger charge is -2.30. The Morgan fingerprint density at radius 1 is 1.31 bits per heavy atom. The number of ether oxygens (including phenoxy) is 1. The molecule has 2 aliphatic rings. The third kappa shape index (κ3) is 4.14. The number of benzene rings is 1. The second-order valence-electron chi connectivity index (χ2n) is 6.66. The van der Waals surface area contributed by atoms with E-state index < -0.39 is 0 Å². The zero-order valence-corrected chi connectivity index (χ0v) is 15.3. The molecule has 2 heterocycles. The lowest BCUT2D eigenvalue weighted by atomic mass is 9.99. The molecule has 0 fully saturated rings. The minimum Gasteiger partial charge on any atom is -0.463 e. The van der Waals surface area contributed by atoms with Crippen LogP contribution >= 0.6 is 0 Å². The third-order valence-electron chi connectivity index (χ3n) is 4.82. The molecule has 0 spiro atoms. The van der Waals surface area contributed by atoms with Crippen molar-refractivity contribution in [3.8, 4) is 0 Å². The molecule has 0 aromatic heterocycles. The second-order valence-corrected chi connectivity index (χ2v) is 6.66. The highest BCUT2D eigenvalue weighted by molar-refractivity contribution is 5.94. The van der Waals surface area contributed by atoms with E-state index in [0.29, 0.717) is 24.4 Å². The molecule has 3 rings (SSSR count). The summed E-state index contributed by atoms with van der Waals surface area (Å²) < 4.78 is 5.17. The summed E-state index contributed by atoms with van der Waals surface area (Å²) in [5.41, 5.74) is 3.82. The van der Waals surface area contributed by atoms with Crippen molar-refractivity contribution in [2.45, 2.75) is 26.3 Å². The minimum atomic E-state index is -0.362. The van der Waals surface area contributed by atoms with Gasteiger partial charge in [0.1, 0.15) is 6.54 Å². The summed E-state index contributed by atoms with van der Waals surface area (Å²) >= 11 is 0. The molecule has 0 bridgehead atoms. The van der Waals surface area contributed by atoms with E-state index in [-0.39, 0.29) is 18.0 Å². The fourth-order valence-electron chi connectivity index (χ4n) is 3.53. The summed E-state index contributed by atoms with van der Waals surface area (Å²) in [7, 11) is 0. The van der Waals surface area contributed by atoms with Gasteiger partial charge < -0.3 is 20.3 Å². The predicted octanol–water partition coefficient (Wildman–Crippen LogP) is 0.877. The molecule has 0 aliphatic carbocycles. The quantitative estimate of drug-likeness (QED) is 0.686. The molecule has 138 valence electrons. The zero-order chi connectivity index (χ0) is 18.5. The monoisotopic (exact) mass is 356 g/mol. The molecular formula is C20H26N3O3+. The van der Waals surface area contributed by atoms with Crippen molar-refractivity contribution in [3.63, 3.8) is 0 Å². The first-order valence-electron chi connectivity index (χ1n) is 9.14. The standard InChI is InChI=1S/C20H25N3O3/c1-3-26-19(24)18-14(2)21-20(25)22-17(18)13-23-11-9-16(10-12-23)15-7-5-4-6-8-15/h4-9,14H,3,10-13H2,1-2H3,(H2,21,22,25)/p+1/t14-/m0/s1. The fourth-order valence-corrected chi connectivity index (χ4v) is 3.53. The first kappa shape index (κ1) is 18.2. The van der Waals surface area contributed by atoms with Gasteiger partial charge in [-0.3, -0.25) is 0 Å². The number of amides is 2. The summed E-state index contributed by atoms with van der Waals surface area (Å²) in [5.74, 6) is -0.362. The minimum absolute atomic E-state index is 0.266. The van der Waals surface area contributed by atoms with Crippen molar-refractivity contribution in [2.75, 3.05) is 26.2 Å². The van der Waals surface area contributed by atoms with Crippen molar-refractivity contribution < 1.29 is 19.2 Å². The molecular weight excluding hydrogens is 330 g/mol. The van der Waals surface area contributed by atoms with Gasteiger partial charge in [0.15, 0.2) is 0 Å². The van der Waals surface area contributed by atoms with Gasteiger partial charge in [-0.2, -0.15) is 0 Å². The number of urea groups is 1. The van der Waals surface area contributed by atoms with E-state index in [2.05, 4.69) is 41.0 Å². The second kappa shape index (κ2) is 8.19. The van der Waals surface area contributed by atoms with Gasteiger partial charge in [-0.15, -0.1) is 0 Å². The molecule has 3 N–H and O–H groups in total. The average molecular weight is 356 g/mol. The van der Waals surface area contributed by atoms with E-state index >= 15 is 0 Å². The molecule has 1 aromatic rings. The number of esters is 1. The van der Waals surface area contributed by atoms with Crippen LogP contribution in [0.25, 0.3) is 5.57 Å². The summed E-state index contributed by atoms with van der Waals surface area (Å²) in [4.78, 5) is 25.5.